The van der Waals surface area contributed by atoms with Crippen LogP contribution in [0.3, 0.4) is 0 Å². The molecule has 0 fully saturated rings. The molecule has 0 saturated carbocycles. The second kappa shape index (κ2) is 8.44. The molecule has 26 heavy (non-hydrogen) atoms. The molecule has 1 aromatic carbocycles. The molecule has 0 aliphatic rings. The third-order valence-electron chi connectivity index (χ3n) is 4.19. The van der Waals surface area contributed by atoms with E-state index < -0.39 is 12.0 Å². The molecule has 3 rings (SSSR count). The molecule has 1 atom stereocenters. The Kier molecular flexibility index (Phi) is 5.80. The van der Waals surface area contributed by atoms with Crippen molar-refractivity contribution in [3.8, 4) is 0 Å². The average molecular weight is 353 g/mol. The van der Waals surface area contributed by atoms with Crippen LogP contribution in [0.1, 0.15) is 24.5 Å². The van der Waals surface area contributed by atoms with Crippen molar-refractivity contribution in [2.75, 3.05) is 11.9 Å². The Morgan fingerprint density at radius 3 is 2.77 bits per heavy atom. The zero-order valence-electron chi connectivity index (χ0n) is 14.7. The number of H-pyrrole nitrogens is 1. The lowest BCUT2D eigenvalue weighted by atomic mass is 10.0. The van der Waals surface area contributed by atoms with Gasteiger partial charge < -0.3 is 15.4 Å². The van der Waals surface area contributed by atoms with E-state index in [9.17, 15) is 9.90 Å². The van der Waals surface area contributed by atoms with Crippen molar-refractivity contribution in [1.29, 1.82) is 0 Å². The Morgan fingerprint density at radius 2 is 2.04 bits per heavy atom. The van der Waals surface area contributed by atoms with Crippen molar-refractivity contribution in [2.24, 2.45) is 0 Å². The van der Waals surface area contributed by atoms with Crippen molar-refractivity contribution < 1.29 is 9.90 Å². The fourth-order valence-corrected chi connectivity index (χ4v) is 2.78. The molecule has 4 N–H and O–H groups in total. The molecule has 3 aromatic rings. The molecule has 136 valence electrons. The maximum atomic E-state index is 11.6. The van der Waals surface area contributed by atoms with Gasteiger partial charge in [0.1, 0.15) is 6.04 Å². The van der Waals surface area contributed by atoms with Gasteiger partial charge in [-0.2, -0.15) is 0 Å². The van der Waals surface area contributed by atoms with Crippen molar-refractivity contribution in [3.63, 3.8) is 0 Å². The fraction of sp³-hybridized carbons (Fsp3) is 0.316. The van der Waals surface area contributed by atoms with Crippen LogP contribution in [0.15, 0.2) is 42.9 Å². The first-order valence-electron chi connectivity index (χ1n) is 8.73. The fourth-order valence-electron chi connectivity index (χ4n) is 2.78. The highest BCUT2D eigenvalue weighted by Crippen LogP contribution is 2.19. The second-order valence-corrected chi connectivity index (χ2v) is 6.18. The maximum absolute atomic E-state index is 11.6. The van der Waals surface area contributed by atoms with Crippen LogP contribution < -0.4 is 10.6 Å². The number of para-hydroxylation sites is 1. The summed E-state index contributed by atoms with van der Waals surface area (Å²) in [6.07, 6.45) is 6.70. The van der Waals surface area contributed by atoms with Gasteiger partial charge in [-0.1, -0.05) is 25.1 Å². The number of hydrogen-bond acceptors (Lipinski definition) is 5. The molecule has 7 heteroatoms. The number of nitrogens with one attached hydrogen (secondary N) is 3. The Hall–Kier alpha value is -2.93. The molecular formula is C19H23N5O2. The first-order chi connectivity index (χ1) is 12.7. The number of aromatic amines is 1. The number of anilines is 1. The number of aliphatic carboxylic acids is 1. The number of hydrogen-bond donors (Lipinski definition) is 4. The summed E-state index contributed by atoms with van der Waals surface area (Å²) in [4.78, 5) is 23.3. The predicted octanol–water partition coefficient (Wildman–Crippen LogP) is 2.57. The summed E-state index contributed by atoms with van der Waals surface area (Å²) in [6.45, 7) is 3.29. The summed E-state index contributed by atoms with van der Waals surface area (Å²) in [5, 5.41) is 16.8. The van der Waals surface area contributed by atoms with Crippen LogP contribution in [-0.4, -0.2) is 38.6 Å². The van der Waals surface area contributed by atoms with Crippen molar-refractivity contribution >= 4 is 22.8 Å². The molecule has 0 aliphatic carbocycles. The number of nitrogens with zero attached hydrogens (tertiary/aromatic N) is 2. The Morgan fingerprint density at radius 1 is 1.27 bits per heavy atom. The number of carboxylic acid groups (broad SMARTS) is 1. The first kappa shape index (κ1) is 17.9. The van der Waals surface area contributed by atoms with Gasteiger partial charge in [-0.15, -0.1) is 0 Å². The van der Waals surface area contributed by atoms with E-state index in [2.05, 4.69) is 32.5 Å². The third-order valence-corrected chi connectivity index (χ3v) is 4.19. The summed E-state index contributed by atoms with van der Waals surface area (Å²) in [5.41, 5.74) is 2.84. The van der Waals surface area contributed by atoms with E-state index in [1.54, 1.807) is 12.4 Å². The number of rotatable bonds is 9. The van der Waals surface area contributed by atoms with E-state index in [1.807, 2.05) is 30.5 Å². The van der Waals surface area contributed by atoms with Crippen LogP contribution in [0.25, 0.3) is 10.9 Å². The van der Waals surface area contributed by atoms with Crippen LogP contribution in [0.5, 0.6) is 0 Å². The summed E-state index contributed by atoms with van der Waals surface area (Å²) in [7, 11) is 0. The highest BCUT2D eigenvalue weighted by Gasteiger charge is 2.19. The predicted molar refractivity (Wildman–Crippen MR) is 101 cm³/mol. The van der Waals surface area contributed by atoms with Crippen molar-refractivity contribution in [2.45, 2.75) is 32.4 Å². The number of benzene rings is 1. The lowest BCUT2D eigenvalue weighted by Crippen LogP contribution is -2.38. The van der Waals surface area contributed by atoms with E-state index in [1.165, 1.54) is 0 Å². The Balaban J connectivity index is 1.63. The molecule has 7 nitrogen and oxygen atoms in total. The molecule has 0 saturated heterocycles. The van der Waals surface area contributed by atoms with E-state index in [4.69, 9.17) is 0 Å². The number of carbonyl (C=O) groups is 1. The van der Waals surface area contributed by atoms with Crippen LogP contribution in [0.2, 0.25) is 0 Å². The largest absolute Gasteiger partial charge is 0.480 e. The zero-order chi connectivity index (χ0) is 18.4. The lowest BCUT2D eigenvalue weighted by Gasteiger charge is -2.14. The van der Waals surface area contributed by atoms with Gasteiger partial charge in [0.05, 0.1) is 0 Å². The van der Waals surface area contributed by atoms with Gasteiger partial charge >= 0.3 is 5.97 Å². The highest BCUT2D eigenvalue weighted by molar-refractivity contribution is 5.84. The molecule has 0 radical (unpaired) electrons. The van der Waals surface area contributed by atoms with E-state index >= 15 is 0 Å². The zero-order valence-corrected chi connectivity index (χ0v) is 14.7. The van der Waals surface area contributed by atoms with Crippen molar-refractivity contribution in [3.05, 3.63) is 54.0 Å². The van der Waals surface area contributed by atoms with Crippen LogP contribution in [-0.2, 0) is 17.8 Å². The summed E-state index contributed by atoms with van der Waals surface area (Å²) < 4.78 is 0. The quantitative estimate of drug-likeness (QED) is 0.471. The standard InChI is InChI=1S/C19H23N5O2/c1-2-7-20-19-23-10-13(11-24-19)9-21-17(18(25)26)8-14-12-22-16-6-4-3-5-15(14)16/h3-6,10-12,17,21-22H,2,7-9H2,1H3,(H,25,26)(H,20,23,24). The third kappa shape index (κ3) is 4.37. The van der Waals surface area contributed by atoms with Gasteiger partial charge in [-0.25, -0.2) is 9.97 Å². The summed E-state index contributed by atoms with van der Waals surface area (Å²) in [5.74, 6) is -0.290. The molecule has 2 heterocycles. The van der Waals surface area contributed by atoms with Gasteiger partial charge in [-0.05, 0) is 18.1 Å². The molecule has 0 bridgehead atoms. The highest BCUT2D eigenvalue weighted by atomic mass is 16.4. The van der Waals surface area contributed by atoms with Gasteiger partial charge in [0.15, 0.2) is 0 Å². The summed E-state index contributed by atoms with van der Waals surface area (Å²) in [6, 6.07) is 7.19. The maximum Gasteiger partial charge on any atom is 0.321 e. The molecule has 2 aromatic heterocycles. The molecular weight excluding hydrogens is 330 g/mol. The summed E-state index contributed by atoms with van der Waals surface area (Å²) >= 11 is 0. The minimum absolute atomic E-state index is 0.396. The van der Waals surface area contributed by atoms with E-state index in [0.717, 1.165) is 35.0 Å². The SMILES string of the molecule is CCCNc1ncc(CNC(Cc2c[nH]c3ccccc23)C(=O)O)cn1. The van der Waals surface area contributed by atoms with Crippen molar-refractivity contribution in [1.82, 2.24) is 20.3 Å². The molecule has 0 amide bonds. The normalized spacial score (nSPS) is 12.2. The number of aromatic nitrogens is 3. The second-order valence-electron chi connectivity index (χ2n) is 6.18. The Bertz CT molecular complexity index is 860. The Labute approximate surface area is 151 Å². The number of carboxylic acids is 1. The minimum Gasteiger partial charge on any atom is -0.480 e. The van der Waals surface area contributed by atoms with Gasteiger partial charge in [0, 0.05) is 54.6 Å². The minimum atomic E-state index is -0.877. The van der Waals surface area contributed by atoms with Gasteiger partial charge in [0.25, 0.3) is 0 Å². The molecule has 0 aliphatic heterocycles. The smallest absolute Gasteiger partial charge is 0.321 e. The van der Waals surface area contributed by atoms with Crippen LogP contribution in [0.4, 0.5) is 5.95 Å². The van der Waals surface area contributed by atoms with Gasteiger partial charge in [-0.3, -0.25) is 10.1 Å². The topological polar surface area (TPSA) is 103 Å². The average Bonchev–Trinajstić information content (AvgIpc) is 3.07. The van der Waals surface area contributed by atoms with E-state index in [0.29, 0.717) is 18.9 Å². The first-order valence-corrected chi connectivity index (χ1v) is 8.73. The van der Waals surface area contributed by atoms with E-state index in [-0.39, 0.29) is 0 Å². The van der Waals surface area contributed by atoms with Gasteiger partial charge in [0.2, 0.25) is 5.95 Å². The monoisotopic (exact) mass is 353 g/mol. The molecule has 0 spiro atoms. The van der Waals surface area contributed by atoms with Crippen LogP contribution in [0, 0.1) is 0 Å². The molecule has 1 unspecified atom stereocenters. The number of fused-ring (bicyclic) bond motifs is 1. The lowest BCUT2D eigenvalue weighted by molar-refractivity contribution is -0.139. The van der Waals surface area contributed by atoms with Crippen LogP contribution >= 0.6 is 0 Å².